The molecule has 1 aliphatic rings. The Morgan fingerprint density at radius 1 is 1.00 bits per heavy atom. The normalized spacial score (nSPS) is 22.2. The second-order valence-electron chi connectivity index (χ2n) is 5.17. The standard InChI is InChI=1S/C12H26N2O/c1-11(2)4-5-13-6-8-14(9-7-13)10-12(3)15/h11-12,15H,4-10H2,1-3H3. The molecule has 15 heavy (non-hydrogen) atoms. The van der Waals surface area contributed by atoms with E-state index in [9.17, 15) is 5.11 Å². The van der Waals surface area contributed by atoms with Gasteiger partial charge in [0, 0.05) is 32.7 Å². The van der Waals surface area contributed by atoms with Crippen molar-refractivity contribution in [3.8, 4) is 0 Å². The predicted molar refractivity (Wildman–Crippen MR) is 64.0 cm³/mol. The molecule has 1 saturated heterocycles. The molecule has 1 N–H and O–H groups in total. The maximum atomic E-state index is 9.29. The second-order valence-corrected chi connectivity index (χ2v) is 5.17. The zero-order valence-corrected chi connectivity index (χ0v) is 10.4. The van der Waals surface area contributed by atoms with E-state index in [1.807, 2.05) is 6.92 Å². The molecule has 0 bridgehead atoms. The number of aliphatic hydroxyl groups excluding tert-OH is 1. The third-order valence-corrected chi connectivity index (χ3v) is 3.01. The minimum Gasteiger partial charge on any atom is -0.392 e. The van der Waals surface area contributed by atoms with E-state index in [-0.39, 0.29) is 6.10 Å². The summed E-state index contributed by atoms with van der Waals surface area (Å²) in [5, 5.41) is 9.29. The van der Waals surface area contributed by atoms with Crippen LogP contribution in [-0.2, 0) is 0 Å². The van der Waals surface area contributed by atoms with Crippen LogP contribution in [0, 0.1) is 5.92 Å². The van der Waals surface area contributed by atoms with Crippen LogP contribution in [0.3, 0.4) is 0 Å². The molecule has 3 heteroatoms. The van der Waals surface area contributed by atoms with E-state index < -0.39 is 0 Å². The molecule has 90 valence electrons. The summed E-state index contributed by atoms with van der Waals surface area (Å²) in [5.41, 5.74) is 0. The number of piperazine rings is 1. The first-order chi connectivity index (χ1) is 7.08. The molecule has 1 rings (SSSR count). The highest BCUT2D eigenvalue weighted by Gasteiger charge is 2.17. The van der Waals surface area contributed by atoms with Crippen LogP contribution < -0.4 is 0 Å². The zero-order valence-electron chi connectivity index (χ0n) is 10.4. The van der Waals surface area contributed by atoms with Gasteiger partial charge in [0.15, 0.2) is 0 Å². The lowest BCUT2D eigenvalue weighted by atomic mass is 10.1. The van der Waals surface area contributed by atoms with Gasteiger partial charge in [-0.15, -0.1) is 0 Å². The average molecular weight is 214 g/mol. The minimum absolute atomic E-state index is 0.188. The summed E-state index contributed by atoms with van der Waals surface area (Å²) in [6, 6.07) is 0. The fourth-order valence-corrected chi connectivity index (χ4v) is 2.01. The van der Waals surface area contributed by atoms with Crippen LogP contribution in [0.4, 0.5) is 0 Å². The topological polar surface area (TPSA) is 26.7 Å². The SMILES string of the molecule is CC(C)CCN1CCN(CC(C)O)CC1. The molecule has 0 saturated carbocycles. The van der Waals surface area contributed by atoms with Gasteiger partial charge >= 0.3 is 0 Å². The van der Waals surface area contributed by atoms with Gasteiger partial charge in [0.05, 0.1) is 6.10 Å². The van der Waals surface area contributed by atoms with E-state index in [0.717, 1.165) is 25.6 Å². The first-order valence-corrected chi connectivity index (χ1v) is 6.20. The Labute approximate surface area is 94.1 Å². The fourth-order valence-electron chi connectivity index (χ4n) is 2.01. The molecule has 0 aliphatic carbocycles. The summed E-state index contributed by atoms with van der Waals surface area (Å²) in [7, 11) is 0. The molecule has 0 aromatic heterocycles. The van der Waals surface area contributed by atoms with Crippen LogP contribution in [0.25, 0.3) is 0 Å². The molecule has 3 nitrogen and oxygen atoms in total. The van der Waals surface area contributed by atoms with Gasteiger partial charge in [0.1, 0.15) is 0 Å². The molecule has 0 radical (unpaired) electrons. The summed E-state index contributed by atoms with van der Waals surface area (Å²) in [6.45, 7) is 13.1. The second kappa shape index (κ2) is 6.46. The van der Waals surface area contributed by atoms with Gasteiger partial charge in [0.25, 0.3) is 0 Å². The van der Waals surface area contributed by atoms with Crippen molar-refractivity contribution in [1.29, 1.82) is 0 Å². The summed E-state index contributed by atoms with van der Waals surface area (Å²) < 4.78 is 0. The Morgan fingerprint density at radius 2 is 1.53 bits per heavy atom. The summed E-state index contributed by atoms with van der Waals surface area (Å²) >= 11 is 0. The number of hydrogen-bond acceptors (Lipinski definition) is 3. The Morgan fingerprint density at radius 3 is 2.00 bits per heavy atom. The highest BCUT2D eigenvalue weighted by atomic mass is 16.3. The van der Waals surface area contributed by atoms with Gasteiger partial charge in [-0.2, -0.15) is 0 Å². The van der Waals surface area contributed by atoms with Crippen molar-refractivity contribution in [3.05, 3.63) is 0 Å². The van der Waals surface area contributed by atoms with Crippen molar-refractivity contribution in [2.75, 3.05) is 39.3 Å². The van der Waals surface area contributed by atoms with Crippen LogP contribution in [0.15, 0.2) is 0 Å². The predicted octanol–water partition coefficient (Wildman–Crippen LogP) is 1.03. The third-order valence-electron chi connectivity index (χ3n) is 3.01. The molecule has 1 fully saturated rings. The Hall–Kier alpha value is -0.120. The molecule has 1 heterocycles. The van der Waals surface area contributed by atoms with Crippen LogP contribution >= 0.6 is 0 Å². The first-order valence-electron chi connectivity index (χ1n) is 6.20. The van der Waals surface area contributed by atoms with E-state index in [4.69, 9.17) is 0 Å². The lowest BCUT2D eigenvalue weighted by Gasteiger charge is -2.35. The molecule has 0 aromatic rings. The van der Waals surface area contributed by atoms with Gasteiger partial charge in [-0.05, 0) is 25.8 Å². The Bertz CT molecular complexity index is 163. The fraction of sp³-hybridized carbons (Fsp3) is 1.00. The molecule has 1 unspecified atom stereocenters. The van der Waals surface area contributed by atoms with Crippen LogP contribution in [-0.4, -0.2) is 60.3 Å². The highest BCUT2D eigenvalue weighted by Crippen LogP contribution is 2.06. The van der Waals surface area contributed by atoms with Crippen molar-refractivity contribution in [2.24, 2.45) is 5.92 Å². The van der Waals surface area contributed by atoms with Gasteiger partial charge in [-0.3, -0.25) is 4.90 Å². The van der Waals surface area contributed by atoms with E-state index in [0.29, 0.717) is 0 Å². The van der Waals surface area contributed by atoms with E-state index in [2.05, 4.69) is 23.6 Å². The summed E-state index contributed by atoms with van der Waals surface area (Å²) in [5.74, 6) is 0.806. The van der Waals surface area contributed by atoms with E-state index >= 15 is 0 Å². The first kappa shape index (κ1) is 12.9. The largest absolute Gasteiger partial charge is 0.392 e. The lowest BCUT2D eigenvalue weighted by molar-refractivity contribution is 0.0791. The van der Waals surface area contributed by atoms with Gasteiger partial charge in [-0.1, -0.05) is 13.8 Å². The van der Waals surface area contributed by atoms with E-state index in [1.165, 1.54) is 26.1 Å². The Kier molecular flexibility index (Phi) is 5.58. The molecule has 1 aliphatic heterocycles. The number of rotatable bonds is 5. The summed E-state index contributed by atoms with van der Waals surface area (Å²) in [4.78, 5) is 4.90. The highest BCUT2D eigenvalue weighted by molar-refractivity contribution is 4.73. The van der Waals surface area contributed by atoms with Crippen molar-refractivity contribution in [3.63, 3.8) is 0 Å². The smallest absolute Gasteiger partial charge is 0.0639 e. The van der Waals surface area contributed by atoms with Gasteiger partial charge in [-0.25, -0.2) is 0 Å². The monoisotopic (exact) mass is 214 g/mol. The number of aliphatic hydroxyl groups is 1. The van der Waals surface area contributed by atoms with Gasteiger partial charge in [0.2, 0.25) is 0 Å². The Balaban J connectivity index is 2.12. The lowest BCUT2D eigenvalue weighted by Crippen LogP contribution is -2.48. The molecule has 0 spiro atoms. The summed E-state index contributed by atoms with van der Waals surface area (Å²) in [6.07, 6.45) is 1.11. The zero-order chi connectivity index (χ0) is 11.3. The third kappa shape index (κ3) is 5.50. The maximum absolute atomic E-state index is 9.29. The van der Waals surface area contributed by atoms with Crippen LogP contribution in [0.1, 0.15) is 27.2 Å². The van der Waals surface area contributed by atoms with Crippen LogP contribution in [0.2, 0.25) is 0 Å². The van der Waals surface area contributed by atoms with Crippen molar-refractivity contribution in [1.82, 2.24) is 9.80 Å². The van der Waals surface area contributed by atoms with Crippen LogP contribution in [0.5, 0.6) is 0 Å². The number of nitrogens with zero attached hydrogens (tertiary/aromatic N) is 2. The van der Waals surface area contributed by atoms with Gasteiger partial charge < -0.3 is 10.0 Å². The quantitative estimate of drug-likeness (QED) is 0.740. The minimum atomic E-state index is -0.188. The van der Waals surface area contributed by atoms with Crippen molar-refractivity contribution < 1.29 is 5.11 Å². The number of β-amino-alcohol motifs (C(OH)–C–C–N with tert-alkyl or cyclic N) is 1. The molecular weight excluding hydrogens is 188 g/mol. The maximum Gasteiger partial charge on any atom is 0.0639 e. The molecule has 0 amide bonds. The van der Waals surface area contributed by atoms with E-state index in [1.54, 1.807) is 0 Å². The van der Waals surface area contributed by atoms with Crippen molar-refractivity contribution >= 4 is 0 Å². The average Bonchev–Trinajstić information content (AvgIpc) is 2.16. The number of hydrogen-bond donors (Lipinski definition) is 1. The molecular formula is C12H26N2O. The molecule has 0 aromatic carbocycles. The van der Waals surface area contributed by atoms with Crippen molar-refractivity contribution in [2.45, 2.75) is 33.3 Å². The molecule has 1 atom stereocenters.